The fourth-order valence-electron chi connectivity index (χ4n) is 2.16. The number of nitrogens with zero attached hydrogens (tertiary/aromatic N) is 4. The van der Waals surface area contributed by atoms with E-state index in [2.05, 4.69) is 44.3 Å². The second-order valence-corrected chi connectivity index (χ2v) is 5.83. The lowest BCUT2D eigenvalue weighted by molar-refractivity contribution is 0.589. The summed E-state index contributed by atoms with van der Waals surface area (Å²) in [6, 6.07) is 0. The van der Waals surface area contributed by atoms with Gasteiger partial charge in [0.25, 0.3) is 0 Å². The van der Waals surface area contributed by atoms with E-state index in [4.69, 9.17) is 0 Å². The van der Waals surface area contributed by atoms with Gasteiger partial charge in [-0.25, -0.2) is 9.97 Å². The highest BCUT2D eigenvalue weighted by Gasteiger charge is 2.10. The molecule has 0 unspecified atom stereocenters. The van der Waals surface area contributed by atoms with Gasteiger partial charge in [-0.2, -0.15) is 0 Å². The van der Waals surface area contributed by atoms with Crippen molar-refractivity contribution in [1.29, 1.82) is 0 Å². The van der Waals surface area contributed by atoms with Crippen molar-refractivity contribution >= 4 is 16.3 Å². The van der Waals surface area contributed by atoms with Crippen molar-refractivity contribution in [3.8, 4) is 0 Å². The number of nitrogens with one attached hydrogen (secondary N) is 1. The normalized spacial score (nSPS) is 11.5. The molecular formula is C13H17N5S. The van der Waals surface area contributed by atoms with Crippen LogP contribution in [0.15, 0.2) is 24.9 Å². The van der Waals surface area contributed by atoms with Crippen molar-refractivity contribution in [2.24, 2.45) is 0 Å². The summed E-state index contributed by atoms with van der Waals surface area (Å²) in [5.41, 5.74) is 2.37. The van der Waals surface area contributed by atoms with Crippen LogP contribution in [0.5, 0.6) is 0 Å². The summed E-state index contributed by atoms with van der Waals surface area (Å²) in [7, 11) is 0. The highest BCUT2D eigenvalue weighted by atomic mass is 32.1. The maximum Gasteiger partial charge on any atom is 0.194 e. The summed E-state index contributed by atoms with van der Waals surface area (Å²) in [5, 5.41) is 3.46. The molecule has 0 aromatic carbocycles. The first-order chi connectivity index (χ1) is 9.24. The van der Waals surface area contributed by atoms with Gasteiger partial charge in [0, 0.05) is 43.1 Å². The molecule has 0 aliphatic rings. The van der Waals surface area contributed by atoms with Gasteiger partial charge in [-0.1, -0.05) is 0 Å². The average Bonchev–Trinajstić information content (AvgIpc) is 3.03. The predicted octanol–water partition coefficient (Wildman–Crippen LogP) is 2.00. The Morgan fingerprint density at radius 1 is 1.37 bits per heavy atom. The third-order valence-electron chi connectivity index (χ3n) is 3.14. The third-order valence-corrected chi connectivity index (χ3v) is 4.04. The van der Waals surface area contributed by atoms with E-state index in [9.17, 15) is 0 Å². The van der Waals surface area contributed by atoms with E-state index >= 15 is 0 Å². The highest BCUT2D eigenvalue weighted by molar-refractivity contribution is 7.17. The number of aromatic nitrogens is 4. The SMILES string of the molecule is Cc1cn2c(CNCCn3ccnc3)c(C)nc2s1. The van der Waals surface area contributed by atoms with Crippen molar-refractivity contribution in [1.82, 2.24) is 24.3 Å². The van der Waals surface area contributed by atoms with Gasteiger partial charge in [-0.3, -0.25) is 4.40 Å². The summed E-state index contributed by atoms with van der Waals surface area (Å²) in [5.74, 6) is 0. The summed E-state index contributed by atoms with van der Waals surface area (Å²) in [4.78, 5) is 11.0. The largest absolute Gasteiger partial charge is 0.336 e. The van der Waals surface area contributed by atoms with Gasteiger partial charge in [-0.15, -0.1) is 11.3 Å². The van der Waals surface area contributed by atoms with E-state index in [1.165, 1.54) is 10.6 Å². The van der Waals surface area contributed by atoms with Crippen LogP contribution >= 0.6 is 11.3 Å². The molecule has 3 aromatic heterocycles. The van der Waals surface area contributed by atoms with Gasteiger partial charge >= 0.3 is 0 Å². The fourth-order valence-corrected chi connectivity index (χ4v) is 3.05. The van der Waals surface area contributed by atoms with Crippen LogP contribution in [0.4, 0.5) is 0 Å². The molecule has 0 atom stereocenters. The third kappa shape index (κ3) is 2.54. The Morgan fingerprint density at radius 2 is 2.26 bits per heavy atom. The molecule has 0 bridgehead atoms. The molecule has 0 aliphatic heterocycles. The van der Waals surface area contributed by atoms with Gasteiger partial charge in [-0.05, 0) is 13.8 Å². The molecular weight excluding hydrogens is 258 g/mol. The van der Waals surface area contributed by atoms with E-state index in [1.807, 2.05) is 12.5 Å². The van der Waals surface area contributed by atoms with Crippen LogP contribution in [-0.2, 0) is 13.1 Å². The Labute approximate surface area is 115 Å². The Balaban J connectivity index is 1.63. The van der Waals surface area contributed by atoms with Crippen LogP contribution in [0.1, 0.15) is 16.3 Å². The highest BCUT2D eigenvalue weighted by Crippen LogP contribution is 2.20. The van der Waals surface area contributed by atoms with E-state index in [1.54, 1.807) is 17.5 Å². The number of imidazole rings is 2. The molecule has 3 aromatic rings. The molecule has 1 N–H and O–H groups in total. The molecule has 0 saturated carbocycles. The molecule has 0 amide bonds. The number of aryl methyl sites for hydroxylation is 2. The summed E-state index contributed by atoms with van der Waals surface area (Å²) >= 11 is 1.74. The molecule has 19 heavy (non-hydrogen) atoms. The number of fused-ring (bicyclic) bond motifs is 1. The Hall–Kier alpha value is -1.66. The van der Waals surface area contributed by atoms with E-state index in [0.717, 1.165) is 30.3 Å². The molecule has 100 valence electrons. The lowest BCUT2D eigenvalue weighted by atomic mass is 10.3. The molecule has 0 aliphatic carbocycles. The first-order valence-electron chi connectivity index (χ1n) is 6.34. The summed E-state index contributed by atoms with van der Waals surface area (Å²) < 4.78 is 4.26. The summed E-state index contributed by atoms with van der Waals surface area (Å²) in [6.45, 7) is 6.89. The molecule has 0 radical (unpaired) electrons. The van der Waals surface area contributed by atoms with Crippen molar-refractivity contribution < 1.29 is 0 Å². The molecule has 0 fully saturated rings. The summed E-state index contributed by atoms with van der Waals surface area (Å²) in [6.07, 6.45) is 7.78. The Bertz CT molecular complexity index is 665. The predicted molar refractivity (Wildman–Crippen MR) is 76.5 cm³/mol. The standard InChI is InChI=1S/C13H17N5S/c1-10-8-18-12(11(2)16-13(18)19-10)7-14-3-5-17-6-4-15-9-17/h4,6,8-9,14H,3,5,7H2,1-2H3. The topological polar surface area (TPSA) is 47.1 Å². The smallest absolute Gasteiger partial charge is 0.194 e. The van der Waals surface area contributed by atoms with Crippen LogP contribution in [0.25, 0.3) is 4.96 Å². The maximum atomic E-state index is 4.59. The second-order valence-electron chi connectivity index (χ2n) is 4.62. The van der Waals surface area contributed by atoms with E-state index < -0.39 is 0 Å². The number of hydrogen-bond donors (Lipinski definition) is 1. The second kappa shape index (κ2) is 5.14. The number of rotatable bonds is 5. The van der Waals surface area contributed by atoms with Crippen LogP contribution in [-0.4, -0.2) is 25.5 Å². The number of hydrogen-bond acceptors (Lipinski definition) is 4. The number of thiazole rings is 1. The van der Waals surface area contributed by atoms with Crippen molar-refractivity contribution in [3.63, 3.8) is 0 Å². The van der Waals surface area contributed by atoms with Gasteiger partial charge < -0.3 is 9.88 Å². The van der Waals surface area contributed by atoms with Crippen LogP contribution in [0, 0.1) is 13.8 Å². The van der Waals surface area contributed by atoms with Crippen LogP contribution < -0.4 is 5.32 Å². The van der Waals surface area contributed by atoms with E-state index in [0.29, 0.717) is 0 Å². The van der Waals surface area contributed by atoms with Crippen LogP contribution in [0.3, 0.4) is 0 Å². The minimum atomic E-state index is 0.845. The molecule has 0 spiro atoms. The van der Waals surface area contributed by atoms with Gasteiger partial charge in [0.05, 0.1) is 17.7 Å². The molecule has 3 heterocycles. The van der Waals surface area contributed by atoms with Crippen molar-refractivity contribution in [2.45, 2.75) is 26.9 Å². The minimum absolute atomic E-state index is 0.845. The van der Waals surface area contributed by atoms with E-state index in [-0.39, 0.29) is 0 Å². The maximum absolute atomic E-state index is 4.59. The van der Waals surface area contributed by atoms with Crippen molar-refractivity contribution in [2.75, 3.05) is 6.54 Å². The minimum Gasteiger partial charge on any atom is -0.336 e. The lowest BCUT2D eigenvalue weighted by Crippen LogP contribution is -2.20. The first kappa shape index (κ1) is 12.4. The molecule has 5 nitrogen and oxygen atoms in total. The monoisotopic (exact) mass is 275 g/mol. The lowest BCUT2D eigenvalue weighted by Gasteiger charge is -2.05. The average molecular weight is 275 g/mol. The zero-order chi connectivity index (χ0) is 13.2. The Morgan fingerprint density at radius 3 is 3.05 bits per heavy atom. The zero-order valence-corrected chi connectivity index (χ0v) is 11.9. The van der Waals surface area contributed by atoms with Gasteiger partial charge in [0.1, 0.15) is 0 Å². The van der Waals surface area contributed by atoms with Gasteiger partial charge in [0.15, 0.2) is 4.96 Å². The first-order valence-corrected chi connectivity index (χ1v) is 7.16. The van der Waals surface area contributed by atoms with Crippen LogP contribution in [0.2, 0.25) is 0 Å². The fraction of sp³-hybridized carbons (Fsp3) is 0.385. The molecule has 6 heteroatoms. The molecule has 3 rings (SSSR count). The van der Waals surface area contributed by atoms with Crippen molar-refractivity contribution in [3.05, 3.63) is 41.2 Å². The zero-order valence-electron chi connectivity index (χ0n) is 11.1. The Kier molecular flexibility index (Phi) is 3.35. The van der Waals surface area contributed by atoms with Gasteiger partial charge in [0.2, 0.25) is 0 Å². The quantitative estimate of drug-likeness (QED) is 0.724. The molecule has 0 saturated heterocycles.